The number of carbonyl (C=O) groups excluding carboxylic acids is 1. The van der Waals surface area contributed by atoms with Crippen molar-refractivity contribution < 1.29 is 9.36 Å². The first-order valence-corrected chi connectivity index (χ1v) is 12.5. The van der Waals surface area contributed by atoms with Crippen molar-refractivity contribution in [2.24, 2.45) is 16.5 Å². The highest BCUT2D eigenvalue weighted by molar-refractivity contribution is 7.99. The number of fused-ring (bicyclic) bond motifs is 1. The Labute approximate surface area is 200 Å². The molecule has 11 nitrogen and oxygen atoms in total. The first-order chi connectivity index (χ1) is 15.8. The molecule has 0 radical (unpaired) electrons. The van der Waals surface area contributed by atoms with Gasteiger partial charge in [-0.1, -0.05) is 18.8 Å². The van der Waals surface area contributed by atoms with Crippen LogP contribution >= 0.6 is 11.8 Å². The Morgan fingerprint density at radius 3 is 2.45 bits per heavy atom. The smallest absolute Gasteiger partial charge is 0.308 e. The van der Waals surface area contributed by atoms with Crippen LogP contribution in [-0.2, 0) is 11.3 Å². The van der Waals surface area contributed by atoms with Crippen LogP contribution in [0.5, 0.6) is 0 Å². The molecule has 2 aromatic rings. The van der Waals surface area contributed by atoms with Crippen LogP contribution in [-0.4, -0.2) is 83.3 Å². The van der Waals surface area contributed by atoms with Gasteiger partial charge in [0.2, 0.25) is 5.91 Å². The molecule has 0 aromatic carbocycles. The molecule has 2 aromatic heterocycles. The van der Waals surface area contributed by atoms with Crippen molar-refractivity contribution in [3.8, 4) is 0 Å². The van der Waals surface area contributed by atoms with Crippen LogP contribution in [0.25, 0.3) is 11.2 Å². The third-order valence-corrected chi connectivity index (χ3v) is 6.44. The lowest BCUT2D eigenvalue weighted by Crippen LogP contribution is -2.42. The van der Waals surface area contributed by atoms with Crippen molar-refractivity contribution in [2.75, 3.05) is 56.5 Å². The summed E-state index contributed by atoms with van der Waals surface area (Å²) in [4.78, 5) is 33.8. The lowest BCUT2D eigenvalue weighted by molar-refractivity contribution is -0.709. The highest BCUT2D eigenvalue weighted by Crippen LogP contribution is 2.21. The van der Waals surface area contributed by atoms with E-state index < -0.39 is 0 Å². The summed E-state index contributed by atoms with van der Waals surface area (Å²) in [6, 6.07) is 0. The molecule has 0 bridgehead atoms. The van der Waals surface area contributed by atoms with Crippen molar-refractivity contribution in [2.45, 2.75) is 46.3 Å². The zero-order chi connectivity index (χ0) is 24.4. The number of nitrogens with one attached hydrogen (secondary N) is 2. The maximum atomic E-state index is 12.3. The van der Waals surface area contributed by atoms with Crippen LogP contribution in [0.2, 0.25) is 0 Å². The molecule has 0 fully saturated rings. The molecule has 33 heavy (non-hydrogen) atoms. The lowest BCUT2D eigenvalue weighted by Gasteiger charge is -2.17. The molecule has 2 rings (SSSR count). The predicted octanol–water partition coefficient (Wildman–Crippen LogP) is 0.224. The van der Waals surface area contributed by atoms with E-state index in [1.54, 1.807) is 0 Å². The molecule has 0 unspecified atom stereocenters. The summed E-state index contributed by atoms with van der Waals surface area (Å²) in [5, 5.41) is 3.73. The number of nitrogens with two attached hydrogens (primary N) is 2. The van der Waals surface area contributed by atoms with Gasteiger partial charge in [-0.3, -0.25) is 14.8 Å². The van der Waals surface area contributed by atoms with Crippen LogP contribution in [0.15, 0.2) is 10.1 Å². The number of aliphatic imine (C=N–C) groups is 1. The van der Waals surface area contributed by atoms with E-state index >= 15 is 0 Å². The zero-order valence-electron chi connectivity index (χ0n) is 20.5. The minimum Gasteiger partial charge on any atom is -0.370 e. The maximum Gasteiger partial charge on any atom is 0.308 e. The number of H-pyrrole nitrogens is 1. The second-order valence-corrected chi connectivity index (χ2v) is 8.50. The van der Waals surface area contributed by atoms with E-state index in [0.717, 1.165) is 67.2 Å². The van der Waals surface area contributed by atoms with Gasteiger partial charge in [-0.05, 0) is 45.6 Å². The number of aromatic amines is 1. The summed E-state index contributed by atoms with van der Waals surface area (Å²) in [6.07, 6.45) is 0. The predicted molar refractivity (Wildman–Crippen MR) is 135 cm³/mol. The molecule has 6 N–H and O–H groups in total. The van der Waals surface area contributed by atoms with Crippen molar-refractivity contribution in [1.29, 1.82) is 0 Å². The Morgan fingerprint density at radius 1 is 1.15 bits per heavy atom. The Balaban J connectivity index is 2.28. The number of amides is 1. The monoisotopic (exact) mass is 479 g/mol. The van der Waals surface area contributed by atoms with Gasteiger partial charge in [-0.15, -0.1) is 0 Å². The summed E-state index contributed by atoms with van der Waals surface area (Å²) in [6.45, 7) is 16.6. The van der Waals surface area contributed by atoms with E-state index in [-0.39, 0.29) is 17.6 Å². The Hall–Kier alpha value is -2.60. The highest BCUT2D eigenvalue weighted by Gasteiger charge is 2.25. The van der Waals surface area contributed by atoms with Gasteiger partial charge in [0.15, 0.2) is 11.5 Å². The molecule has 0 saturated carbocycles. The van der Waals surface area contributed by atoms with E-state index in [1.807, 2.05) is 6.92 Å². The normalized spacial score (nSPS) is 11.2. The number of anilines is 1. The molecule has 0 aliphatic heterocycles. The van der Waals surface area contributed by atoms with Gasteiger partial charge in [-0.2, -0.15) is 4.98 Å². The number of aryl methyl sites for hydroxylation is 1. The fraction of sp³-hybridized carbons (Fsp3) is 0.667. The van der Waals surface area contributed by atoms with Crippen LogP contribution in [0.3, 0.4) is 0 Å². The van der Waals surface area contributed by atoms with E-state index in [0.29, 0.717) is 13.1 Å². The molecule has 0 aliphatic rings. The van der Waals surface area contributed by atoms with Crippen molar-refractivity contribution >= 4 is 40.7 Å². The fourth-order valence-electron chi connectivity index (χ4n) is 3.47. The van der Waals surface area contributed by atoms with Crippen molar-refractivity contribution in [3.63, 3.8) is 0 Å². The summed E-state index contributed by atoms with van der Waals surface area (Å²) in [5.74, 6) is 0.947. The molecule has 0 saturated heterocycles. The minimum absolute atomic E-state index is 0.0199. The van der Waals surface area contributed by atoms with E-state index in [9.17, 15) is 4.79 Å². The number of hydrogen-bond donors (Lipinski definition) is 4. The van der Waals surface area contributed by atoms with Gasteiger partial charge in [0.05, 0.1) is 24.5 Å². The van der Waals surface area contributed by atoms with Gasteiger partial charge in [-0.25, -0.2) is 4.57 Å². The number of rotatable bonds is 14. The lowest BCUT2D eigenvalue weighted by atomic mass is 10.4. The number of likely N-dealkylation sites (N-methyl/N-ethyl adjacent to an activating group) is 1. The molecule has 0 atom stereocenters. The number of imidazole rings is 1. The molecular weight excluding hydrogens is 440 g/mol. The highest BCUT2D eigenvalue weighted by atomic mass is 32.2. The number of nitrogens with zero attached hydrogens (tertiary/aromatic N) is 6. The molecule has 0 aliphatic carbocycles. The largest absolute Gasteiger partial charge is 0.370 e. The molecule has 184 valence electrons. The van der Waals surface area contributed by atoms with Gasteiger partial charge < -0.3 is 26.6 Å². The second-order valence-electron chi connectivity index (χ2n) is 7.53. The Morgan fingerprint density at radius 2 is 1.85 bits per heavy atom. The number of aromatic nitrogens is 4. The van der Waals surface area contributed by atoms with E-state index in [1.165, 1.54) is 11.8 Å². The number of carbonyl (C=O) groups is 1. The van der Waals surface area contributed by atoms with Crippen LogP contribution in [0, 0.1) is 6.92 Å². The third kappa shape index (κ3) is 7.46. The molecular formula is C21H39N10OS+. The third-order valence-electron chi connectivity index (χ3n) is 5.44. The second kappa shape index (κ2) is 13.2. The first kappa shape index (κ1) is 26.7. The van der Waals surface area contributed by atoms with Gasteiger partial charge in [0, 0.05) is 26.2 Å². The molecule has 2 heterocycles. The minimum atomic E-state index is -0.0774. The van der Waals surface area contributed by atoms with Crippen LogP contribution < -0.4 is 26.3 Å². The summed E-state index contributed by atoms with van der Waals surface area (Å²) in [5.41, 5.74) is 13.3. The average Bonchev–Trinajstić information content (AvgIpc) is 3.15. The quantitative estimate of drug-likeness (QED) is 0.0990. The van der Waals surface area contributed by atoms with Crippen LogP contribution in [0.1, 0.15) is 33.4 Å². The summed E-state index contributed by atoms with van der Waals surface area (Å²) < 4.78 is 2.17. The first-order valence-electron chi connectivity index (χ1n) is 11.6. The molecule has 1 amide bonds. The number of hydrogen-bond acceptors (Lipinski definition) is 7. The average molecular weight is 480 g/mol. The maximum absolute atomic E-state index is 12.3. The van der Waals surface area contributed by atoms with Crippen molar-refractivity contribution in [3.05, 3.63) is 5.69 Å². The van der Waals surface area contributed by atoms with E-state index in [4.69, 9.17) is 21.4 Å². The Bertz CT molecular complexity index is 933. The fourth-order valence-corrected chi connectivity index (χ4v) is 4.35. The van der Waals surface area contributed by atoms with E-state index in [2.05, 4.69) is 57.4 Å². The zero-order valence-corrected chi connectivity index (χ0v) is 21.3. The van der Waals surface area contributed by atoms with Crippen molar-refractivity contribution in [1.82, 2.24) is 25.2 Å². The summed E-state index contributed by atoms with van der Waals surface area (Å²) in [7, 11) is 0. The standard InChI is InChI=1S/C21H38N10OS/c1-6-29(7-2)12-13-31-18-17(15(5)26-20(28-18)30(8-3)9-4)27-21(31)33-14-16(32)24-10-11-25-19(22)23/h6-14H2,1-5H3,(H5,22,23,24,25,32)/p+1. The Kier molecular flexibility index (Phi) is 10.7. The summed E-state index contributed by atoms with van der Waals surface area (Å²) >= 11 is 1.46. The molecule has 0 spiro atoms. The van der Waals surface area contributed by atoms with Gasteiger partial charge >= 0.3 is 11.6 Å². The molecule has 12 heteroatoms. The SMILES string of the molecule is CCN(CC)CC[n+]1c(SCC(=O)NCCN=C(N)N)[nH]c2c(C)nc(N(CC)CC)nc21. The number of thioether (sulfide) groups is 1. The number of guanidine groups is 1. The van der Waals surface area contributed by atoms with Gasteiger partial charge in [0.25, 0.3) is 5.16 Å². The van der Waals surface area contributed by atoms with Gasteiger partial charge in [0.1, 0.15) is 0 Å². The van der Waals surface area contributed by atoms with Crippen LogP contribution in [0.4, 0.5) is 5.95 Å². The topological polar surface area (TPSA) is 145 Å².